The fourth-order valence-corrected chi connectivity index (χ4v) is 4.25. The second-order valence-corrected chi connectivity index (χ2v) is 8.23. The van der Waals surface area contributed by atoms with Gasteiger partial charge in [-0.05, 0) is 42.0 Å². The van der Waals surface area contributed by atoms with Crippen molar-refractivity contribution in [1.29, 1.82) is 0 Å². The Morgan fingerprint density at radius 1 is 1.09 bits per heavy atom. The lowest BCUT2D eigenvalue weighted by Gasteiger charge is -2.28. The molecule has 1 atom stereocenters. The molecular weight excluding hydrogens is 449 g/mol. The highest BCUT2D eigenvalue weighted by atomic mass is 19.4. The quantitative estimate of drug-likeness (QED) is 0.584. The minimum absolute atomic E-state index is 0.115. The number of phenolic OH excluding ortho intramolecular Hbond substituents is 1. The molecule has 9 heteroatoms. The van der Waals surface area contributed by atoms with Crippen LogP contribution in [0, 0.1) is 0 Å². The molecule has 4 rings (SSSR count). The van der Waals surface area contributed by atoms with E-state index in [1.807, 2.05) is 12.1 Å². The molecule has 1 N–H and O–H groups in total. The van der Waals surface area contributed by atoms with E-state index in [1.165, 1.54) is 34.1 Å². The van der Waals surface area contributed by atoms with Crippen LogP contribution >= 0.6 is 0 Å². The minimum atomic E-state index is -4.77. The van der Waals surface area contributed by atoms with Crippen molar-refractivity contribution in [1.82, 2.24) is 9.80 Å². The number of likely N-dealkylation sites (N-methyl/N-ethyl adjacent to an activating group) is 1. The third-order valence-electron chi connectivity index (χ3n) is 5.88. The molecule has 178 valence electrons. The van der Waals surface area contributed by atoms with E-state index in [0.29, 0.717) is 30.3 Å². The molecule has 0 aromatic heterocycles. The molecule has 1 aliphatic heterocycles. The van der Waals surface area contributed by atoms with Gasteiger partial charge in [-0.15, -0.1) is 13.2 Å². The van der Waals surface area contributed by atoms with E-state index in [-0.39, 0.29) is 29.5 Å². The third-order valence-corrected chi connectivity index (χ3v) is 5.88. The van der Waals surface area contributed by atoms with Gasteiger partial charge in [0.2, 0.25) is 5.91 Å². The Balaban J connectivity index is 1.47. The molecule has 1 unspecified atom stereocenters. The van der Waals surface area contributed by atoms with E-state index < -0.39 is 18.3 Å². The summed E-state index contributed by atoms with van der Waals surface area (Å²) in [5, 5.41) is 12.0. The Kier molecular flexibility index (Phi) is 6.37. The molecule has 6 nitrogen and oxygen atoms in total. The number of nitrogens with zero attached hydrogens (tertiary/aromatic N) is 2. The lowest BCUT2D eigenvalue weighted by Crippen LogP contribution is -2.46. The fraction of sp³-hybridized carbons (Fsp3) is 0.280. The van der Waals surface area contributed by atoms with E-state index in [0.717, 1.165) is 5.39 Å². The zero-order chi connectivity index (χ0) is 24.5. The monoisotopic (exact) mass is 472 g/mol. The van der Waals surface area contributed by atoms with Crippen LogP contribution in [0.25, 0.3) is 10.8 Å². The predicted octanol–water partition coefficient (Wildman–Crippen LogP) is 4.71. The Hall–Kier alpha value is -3.75. The van der Waals surface area contributed by atoms with Crippen molar-refractivity contribution in [2.45, 2.75) is 31.8 Å². The molecule has 1 saturated heterocycles. The van der Waals surface area contributed by atoms with Crippen molar-refractivity contribution in [3.8, 4) is 11.5 Å². The highest BCUT2D eigenvalue weighted by Crippen LogP contribution is 2.32. The van der Waals surface area contributed by atoms with Crippen molar-refractivity contribution >= 4 is 22.6 Å². The second-order valence-electron chi connectivity index (χ2n) is 8.23. The summed E-state index contributed by atoms with van der Waals surface area (Å²) >= 11 is 0. The lowest BCUT2D eigenvalue weighted by atomic mass is 10.0. The Bertz CT molecular complexity index is 1210. The Morgan fingerprint density at radius 3 is 2.50 bits per heavy atom. The van der Waals surface area contributed by atoms with Crippen molar-refractivity contribution in [3.05, 3.63) is 71.8 Å². The number of phenols is 1. The summed E-state index contributed by atoms with van der Waals surface area (Å²) in [5.41, 5.74) is 0.759. The first-order valence-corrected chi connectivity index (χ1v) is 10.8. The summed E-state index contributed by atoms with van der Waals surface area (Å²) in [6.45, 7) is 0.545. The zero-order valence-corrected chi connectivity index (χ0v) is 18.4. The largest absolute Gasteiger partial charge is 0.573 e. The maximum absolute atomic E-state index is 13.2. The number of rotatable bonds is 5. The molecule has 0 spiro atoms. The number of alkyl halides is 3. The van der Waals surface area contributed by atoms with Crippen LogP contribution in [0.5, 0.6) is 11.5 Å². The number of benzene rings is 3. The number of carbonyl (C=O) groups is 2. The first kappa shape index (κ1) is 23.4. The number of likely N-dealkylation sites (tertiary alicyclic amines) is 1. The lowest BCUT2D eigenvalue weighted by molar-refractivity contribution is -0.274. The fourth-order valence-electron chi connectivity index (χ4n) is 4.25. The first-order valence-electron chi connectivity index (χ1n) is 10.8. The van der Waals surface area contributed by atoms with Crippen LogP contribution in [-0.2, 0) is 11.3 Å². The number of carbonyl (C=O) groups excluding carboxylic acids is 2. The molecule has 2 amide bonds. The van der Waals surface area contributed by atoms with Gasteiger partial charge in [-0.3, -0.25) is 9.59 Å². The van der Waals surface area contributed by atoms with Crippen LogP contribution in [0.3, 0.4) is 0 Å². The molecule has 0 saturated carbocycles. The van der Waals surface area contributed by atoms with Gasteiger partial charge in [-0.25, -0.2) is 0 Å². The van der Waals surface area contributed by atoms with E-state index in [9.17, 15) is 27.9 Å². The summed E-state index contributed by atoms with van der Waals surface area (Å²) in [6.07, 6.45) is -3.64. The van der Waals surface area contributed by atoms with Gasteiger partial charge in [-0.2, -0.15) is 0 Å². The van der Waals surface area contributed by atoms with Crippen LogP contribution in [0.2, 0.25) is 0 Å². The second kappa shape index (κ2) is 9.24. The van der Waals surface area contributed by atoms with Crippen molar-refractivity contribution in [3.63, 3.8) is 0 Å². The van der Waals surface area contributed by atoms with Crippen LogP contribution in [-0.4, -0.2) is 52.7 Å². The van der Waals surface area contributed by atoms with E-state index in [4.69, 9.17) is 0 Å². The third kappa shape index (κ3) is 4.93. The van der Waals surface area contributed by atoms with E-state index in [2.05, 4.69) is 4.74 Å². The molecule has 0 radical (unpaired) electrons. The van der Waals surface area contributed by atoms with Gasteiger partial charge in [0.05, 0.1) is 5.56 Å². The SMILES string of the molecule is CN(Cc1ccc(OC(F)(F)F)cc1)C(=O)C1CCCN1C(=O)c1ccc2ccccc2c1O. The summed E-state index contributed by atoms with van der Waals surface area (Å²) < 4.78 is 40.9. The molecule has 1 heterocycles. The minimum Gasteiger partial charge on any atom is -0.506 e. The average Bonchev–Trinajstić information content (AvgIpc) is 3.29. The highest BCUT2D eigenvalue weighted by molar-refractivity contribution is 6.05. The van der Waals surface area contributed by atoms with Gasteiger partial charge in [0.15, 0.2) is 0 Å². The summed E-state index contributed by atoms with van der Waals surface area (Å²) in [7, 11) is 1.58. The number of amides is 2. The van der Waals surface area contributed by atoms with E-state index >= 15 is 0 Å². The Morgan fingerprint density at radius 2 is 1.79 bits per heavy atom. The number of ether oxygens (including phenoxy) is 1. The molecular formula is C25H23F3N2O4. The molecule has 0 aliphatic carbocycles. The van der Waals surface area contributed by atoms with Gasteiger partial charge in [-0.1, -0.05) is 42.5 Å². The highest BCUT2D eigenvalue weighted by Gasteiger charge is 2.37. The van der Waals surface area contributed by atoms with Crippen molar-refractivity contribution < 1.29 is 32.6 Å². The van der Waals surface area contributed by atoms with Gasteiger partial charge in [0.25, 0.3) is 5.91 Å². The van der Waals surface area contributed by atoms with Gasteiger partial charge >= 0.3 is 6.36 Å². The van der Waals surface area contributed by atoms with Crippen molar-refractivity contribution in [2.24, 2.45) is 0 Å². The summed E-state index contributed by atoms with van der Waals surface area (Å²) in [5.74, 6) is -1.15. The number of hydrogen-bond acceptors (Lipinski definition) is 4. The summed E-state index contributed by atoms with van der Waals surface area (Å²) in [6, 6.07) is 15.1. The number of fused-ring (bicyclic) bond motifs is 1. The van der Waals surface area contributed by atoms with Crippen LogP contribution < -0.4 is 4.74 Å². The maximum Gasteiger partial charge on any atom is 0.573 e. The molecule has 1 aliphatic rings. The Labute approximate surface area is 194 Å². The number of aromatic hydroxyl groups is 1. The number of halogens is 3. The normalized spacial score (nSPS) is 16.0. The molecule has 3 aromatic carbocycles. The van der Waals surface area contributed by atoms with E-state index in [1.54, 1.807) is 31.3 Å². The average molecular weight is 472 g/mol. The smallest absolute Gasteiger partial charge is 0.506 e. The number of hydrogen-bond donors (Lipinski definition) is 1. The van der Waals surface area contributed by atoms with Gasteiger partial charge in [0.1, 0.15) is 17.5 Å². The van der Waals surface area contributed by atoms with Crippen LogP contribution in [0.15, 0.2) is 60.7 Å². The van der Waals surface area contributed by atoms with Crippen molar-refractivity contribution in [2.75, 3.05) is 13.6 Å². The molecule has 1 fully saturated rings. The molecule has 3 aromatic rings. The zero-order valence-electron chi connectivity index (χ0n) is 18.4. The molecule has 34 heavy (non-hydrogen) atoms. The topological polar surface area (TPSA) is 70.1 Å². The van der Waals surface area contributed by atoms with Crippen LogP contribution in [0.1, 0.15) is 28.8 Å². The predicted molar refractivity (Wildman–Crippen MR) is 119 cm³/mol. The molecule has 0 bridgehead atoms. The standard InChI is InChI=1S/C25H23F3N2O4/c1-29(15-16-8-11-18(12-9-16)34-25(26,27)28)24(33)21-7-4-14-30(21)23(32)20-13-10-17-5-2-3-6-19(17)22(20)31/h2-3,5-6,8-13,21,31H,4,7,14-15H2,1H3. The summed E-state index contributed by atoms with van der Waals surface area (Å²) in [4.78, 5) is 29.3. The first-order chi connectivity index (χ1) is 16.1. The van der Waals surface area contributed by atoms with Crippen LogP contribution in [0.4, 0.5) is 13.2 Å². The van der Waals surface area contributed by atoms with Gasteiger partial charge in [0, 0.05) is 25.5 Å². The maximum atomic E-state index is 13.2. The van der Waals surface area contributed by atoms with Gasteiger partial charge < -0.3 is 19.6 Å².